The van der Waals surface area contributed by atoms with Crippen LogP contribution in [0.4, 0.5) is 11.4 Å². The smallest absolute Gasteiger partial charge is 0.292 e. The summed E-state index contributed by atoms with van der Waals surface area (Å²) >= 11 is 0. The number of nitrogens with one attached hydrogen (secondary N) is 1. The Kier molecular flexibility index (Phi) is 3.04. The number of nitro groups is 1. The van der Waals surface area contributed by atoms with E-state index in [1.807, 2.05) is 24.4 Å². The first-order chi connectivity index (χ1) is 9.75. The first kappa shape index (κ1) is 12.2. The minimum atomic E-state index is -0.390. The summed E-state index contributed by atoms with van der Waals surface area (Å²) in [6.45, 7) is 0.484. The van der Waals surface area contributed by atoms with E-state index < -0.39 is 4.92 Å². The number of fused-ring (bicyclic) bond motifs is 1. The second-order valence-electron chi connectivity index (χ2n) is 4.33. The molecule has 0 aliphatic carbocycles. The molecule has 2 aromatic heterocycles. The monoisotopic (exact) mass is 268 g/mol. The van der Waals surface area contributed by atoms with E-state index in [0.29, 0.717) is 12.2 Å². The summed E-state index contributed by atoms with van der Waals surface area (Å²) in [6, 6.07) is 12.4. The molecule has 0 bridgehead atoms. The fourth-order valence-electron chi connectivity index (χ4n) is 2.10. The van der Waals surface area contributed by atoms with Gasteiger partial charge in [0.05, 0.1) is 16.6 Å². The molecule has 2 heterocycles. The molecular formula is C14H12N4O2. The van der Waals surface area contributed by atoms with Gasteiger partial charge in [0.2, 0.25) is 0 Å². The number of nitrogens with zero attached hydrogens (tertiary/aromatic N) is 3. The number of benzene rings is 1. The highest BCUT2D eigenvalue weighted by molar-refractivity contribution is 5.62. The average molecular weight is 268 g/mol. The van der Waals surface area contributed by atoms with Crippen molar-refractivity contribution in [2.24, 2.45) is 0 Å². The van der Waals surface area contributed by atoms with Crippen LogP contribution >= 0.6 is 0 Å². The van der Waals surface area contributed by atoms with Gasteiger partial charge in [-0.15, -0.1) is 0 Å². The lowest BCUT2D eigenvalue weighted by atomic mass is 10.2. The van der Waals surface area contributed by atoms with Crippen LogP contribution < -0.4 is 5.32 Å². The normalized spacial score (nSPS) is 10.6. The van der Waals surface area contributed by atoms with Crippen LogP contribution in [0.2, 0.25) is 0 Å². The maximum atomic E-state index is 10.9. The second-order valence-corrected chi connectivity index (χ2v) is 4.33. The van der Waals surface area contributed by atoms with E-state index in [-0.39, 0.29) is 5.69 Å². The van der Waals surface area contributed by atoms with Crippen molar-refractivity contribution < 1.29 is 4.92 Å². The Morgan fingerprint density at radius 2 is 2.00 bits per heavy atom. The topological polar surface area (TPSA) is 72.5 Å². The molecule has 0 atom stereocenters. The van der Waals surface area contributed by atoms with Gasteiger partial charge >= 0.3 is 0 Å². The summed E-state index contributed by atoms with van der Waals surface area (Å²) in [7, 11) is 0. The van der Waals surface area contributed by atoms with Crippen LogP contribution in [0.25, 0.3) is 5.52 Å². The van der Waals surface area contributed by atoms with Crippen LogP contribution in [0.3, 0.4) is 0 Å². The summed E-state index contributed by atoms with van der Waals surface area (Å²) in [5.41, 5.74) is 2.55. The molecule has 1 aromatic carbocycles. The number of anilines is 1. The second kappa shape index (κ2) is 5.00. The van der Waals surface area contributed by atoms with E-state index >= 15 is 0 Å². The number of nitro benzene ring substituents is 1. The molecule has 1 N–H and O–H groups in total. The lowest BCUT2D eigenvalue weighted by Crippen LogP contribution is -2.02. The quantitative estimate of drug-likeness (QED) is 0.583. The maximum Gasteiger partial charge on any atom is 0.292 e. The Labute approximate surface area is 114 Å². The molecule has 3 aromatic rings. The van der Waals surface area contributed by atoms with Crippen LogP contribution in [0.5, 0.6) is 0 Å². The van der Waals surface area contributed by atoms with Gasteiger partial charge in [0.25, 0.3) is 5.69 Å². The maximum absolute atomic E-state index is 10.9. The molecule has 0 saturated heterocycles. The van der Waals surface area contributed by atoms with Crippen molar-refractivity contribution >= 4 is 16.9 Å². The summed E-state index contributed by atoms with van der Waals surface area (Å²) in [5.74, 6) is 0. The Morgan fingerprint density at radius 1 is 1.20 bits per heavy atom. The highest BCUT2D eigenvalue weighted by Gasteiger charge is 2.12. The van der Waals surface area contributed by atoms with Crippen molar-refractivity contribution in [3.8, 4) is 0 Å². The van der Waals surface area contributed by atoms with Crippen LogP contribution in [0.15, 0.2) is 54.9 Å². The van der Waals surface area contributed by atoms with E-state index in [1.165, 1.54) is 6.07 Å². The summed E-state index contributed by atoms with van der Waals surface area (Å²) in [4.78, 5) is 10.6. The number of rotatable bonds is 4. The summed E-state index contributed by atoms with van der Waals surface area (Å²) < 4.78 is 1.77. The zero-order valence-electron chi connectivity index (χ0n) is 10.6. The third kappa shape index (κ3) is 2.18. The van der Waals surface area contributed by atoms with Crippen molar-refractivity contribution in [1.82, 2.24) is 9.61 Å². The average Bonchev–Trinajstić information content (AvgIpc) is 2.88. The molecule has 6 heteroatoms. The molecule has 20 heavy (non-hydrogen) atoms. The fraction of sp³-hybridized carbons (Fsp3) is 0.0714. The molecule has 6 nitrogen and oxygen atoms in total. The number of hydrogen-bond acceptors (Lipinski definition) is 4. The van der Waals surface area contributed by atoms with Crippen molar-refractivity contribution in [1.29, 1.82) is 0 Å². The lowest BCUT2D eigenvalue weighted by Gasteiger charge is -2.05. The molecule has 100 valence electrons. The molecule has 0 amide bonds. The Balaban J connectivity index is 1.85. The third-order valence-electron chi connectivity index (χ3n) is 3.08. The number of para-hydroxylation sites is 2. The first-order valence-electron chi connectivity index (χ1n) is 6.14. The molecule has 0 aliphatic heterocycles. The predicted octanol–water partition coefficient (Wildman–Crippen LogP) is 2.85. The summed E-state index contributed by atoms with van der Waals surface area (Å²) in [6.07, 6.45) is 3.63. The van der Waals surface area contributed by atoms with Gasteiger partial charge in [-0.1, -0.05) is 18.2 Å². The molecule has 0 unspecified atom stereocenters. The van der Waals surface area contributed by atoms with Gasteiger partial charge in [0.15, 0.2) is 0 Å². The van der Waals surface area contributed by atoms with E-state index in [0.717, 1.165) is 11.1 Å². The highest BCUT2D eigenvalue weighted by Crippen LogP contribution is 2.24. The van der Waals surface area contributed by atoms with E-state index in [2.05, 4.69) is 10.4 Å². The predicted molar refractivity (Wildman–Crippen MR) is 75.6 cm³/mol. The Bertz CT molecular complexity index is 766. The SMILES string of the molecule is O=[N+]([O-])c1ccccc1NCc1cnn2ccccc12. The molecule has 0 spiro atoms. The van der Waals surface area contributed by atoms with Gasteiger partial charge in [-0.25, -0.2) is 4.52 Å². The van der Waals surface area contributed by atoms with E-state index in [9.17, 15) is 10.1 Å². The summed E-state index contributed by atoms with van der Waals surface area (Å²) in [5, 5.41) is 18.3. The molecule has 0 aliphatic rings. The number of aromatic nitrogens is 2. The largest absolute Gasteiger partial charge is 0.375 e. The van der Waals surface area contributed by atoms with Crippen molar-refractivity contribution in [3.63, 3.8) is 0 Å². The van der Waals surface area contributed by atoms with Gasteiger partial charge < -0.3 is 5.32 Å². The number of hydrogen-bond donors (Lipinski definition) is 1. The van der Waals surface area contributed by atoms with Gasteiger partial charge in [-0.3, -0.25) is 10.1 Å². The van der Waals surface area contributed by atoms with Crippen molar-refractivity contribution in [2.75, 3.05) is 5.32 Å². The lowest BCUT2D eigenvalue weighted by molar-refractivity contribution is -0.384. The van der Waals surface area contributed by atoms with Crippen LogP contribution in [0.1, 0.15) is 5.56 Å². The van der Waals surface area contributed by atoms with Crippen molar-refractivity contribution in [3.05, 3.63) is 70.5 Å². The van der Waals surface area contributed by atoms with Gasteiger partial charge in [-0.05, 0) is 18.2 Å². The van der Waals surface area contributed by atoms with Crippen LogP contribution in [0, 0.1) is 10.1 Å². The van der Waals surface area contributed by atoms with Gasteiger partial charge in [0.1, 0.15) is 5.69 Å². The molecule has 0 saturated carbocycles. The molecule has 0 fully saturated rings. The zero-order valence-corrected chi connectivity index (χ0v) is 10.6. The van der Waals surface area contributed by atoms with Gasteiger partial charge in [0, 0.05) is 24.4 Å². The standard InChI is InChI=1S/C14H12N4O2/c19-18(20)14-7-2-1-5-12(14)15-9-11-10-16-17-8-4-3-6-13(11)17/h1-8,10,15H,9H2. The highest BCUT2D eigenvalue weighted by atomic mass is 16.6. The Morgan fingerprint density at radius 3 is 2.85 bits per heavy atom. The molecule has 3 rings (SSSR count). The number of pyridine rings is 1. The zero-order chi connectivity index (χ0) is 13.9. The van der Waals surface area contributed by atoms with E-state index in [1.54, 1.807) is 28.9 Å². The minimum Gasteiger partial charge on any atom is -0.375 e. The molecular weight excluding hydrogens is 256 g/mol. The molecule has 0 radical (unpaired) electrons. The van der Waals surface area contributed by atoms with Crippen molar-refractivity contribution in [2.45, 2.75) is 6.54 Å². The first-order valence-corrected chi connectivity index (χ1v) is 6.14. The minimum absolute atomic E-state index is 0.0731. The van der Waals surface area contributed by atoms with Crippen LogP contribution in [-0.4, -0.2) is 14.5 Å². The van der Waals surface area contributed by atoms with E-state index in [4.69, 9.17) is 0 Å². The third-order valence-corrected chi connectivity index (χ3v) is 3.08. The Hall–Kier alpha value is -2.89. The van der Waals surface area contributed by atoms with Crippen LogP contribution in [-0.2, 0) is 6.54 Å². The fourth-order valence-corrected chi connectivity index (χ4v) is 2.10. The van der Waals surface area contributed by atoms with Gasteiger partial charge in [-0.2, -0.15) is 5.10 Å².